The van der Waals surface area contributed by atoms with E-state index >= 15 is 0 Å². The van der Waals surface area contributed by atoms with E-state index in [1.165, 1.54) is 12.1 Å². The van der Waals surface area contributed by atoms with Crippen LogP contribution in [0.15, 0.2) is 23.2 Å². The van der Waals surface area contributed by atoms with Crippen LogP contribution in [0, 0.1) is 11.3 Å². The Kier molecular flexibility index (Phi) is 4.57. The first-order chi connectivity index (χ1) is 7.95. The fourth-order valence-corrected chi connectivity index (χ4v) is 2.08. The monoisotopic (exact) mass is 255 g/mol. The third kappa shape index (κ3) is 4.11. The zero-order valence-electron chi connectivity index (χ0n) is 9.29. The van der Waals surface area contributed by atoms with Gasteiger partial charge in [0.25, 0.3) is 0 Å². The molecule has 0 radical (unpaired) electrons. The lowest BCUT2D eigenvalue weighted by atomic mass is 10.3. The van der Waals surface area contributed by atoms with Crippen LogP contribution >= 0.6 is 0 Å². The Labute approximate surface area is 100.0 Å². The molecule has 0 aliphatic heterocycles. The fraction of sp³-hybridized carbons (Fsp3) is 0.400. The van der Waals surface area contributed by atoms with E-state index in [9.17, 15) is 8.42 Å². The van der Waals surface area contributed by atoms with Crippen LogP contribution in [0.5, 0.6) is 0 Å². The minimum atomic E-state index is -3.61. The van der Waals surface area contributed by atoms with Gasteiger partial charge >= 0.3 is 0 Å². The Balaban J connectivity index is 2.73. The molecule has 1 unspecified atom stereocenters. The summed E-state index contributed by atoms with van der Waals surface area (Å²) in [5.74, 6) is 0. The lowest BCUT2D eigenvalue weighted by molar-refractivity contribution is 0.186. The highest BCUT2D eigenvalue weighted by Gasteiger charge is 2.13. The molecule has 0 bridgehead atoms. The number of rotatable bonds is 5. The molecule has 0 amide bonds. The summed E-state index contributed by atoms with van der Waals surface area (Å²) in [6.07, 6.45) is 0.906. The van der Waals surface area contributed by atoms with E-state index in [-0.39, 0.29) is 17.1 Å². The average Bonchev–Trinajstić information content (AvgIpc) is 2.28. The highest BCUT2D eigenvalue weighted by Crippen LogP contribution is 2.07. The summed E-state index contributed by atoms with van der Waals surface area (Å²) in [5, 5.41) is 17.5. The lowest BCUT2D eigenvalue weighted by Gasteiger charge is -2.07. The van der Waals surface area contributed by atoms with E-state index in [0.717, 1.165) is 6.20 Å². The smallest absolute Gasteiger partial charge is 0.242 e. The fourth-order valence-electron chi connectivity index (χ4n) is 1.09. The van der Waals surface area contributed by atoms with Crippen molar-refractivity contribution in [3.05, 3.63) is 24.0 Å². The number of hydrogen-bond donors (Lipinski definition) is 2. The van der Waals surface area contributed by atoms with E-state index in [1.54, 1.807) is 13.0 Å². The Morgan fingerprint density at radius 3 is 2.76 bits per heavy atom. The second-order valence-electron chi connectivity index (χ2n) is 3.53. The van der Waals surface area contributed by atoms with Crippen LogP contribution in [0.2, 0.25) is 0 Å². The number of pyridine rings is 1. The third-order valence-corrected chi connectivity index (χ3v) is 3.46. The normalized spacial score (nSPS) is 13.0. The lowest BCUT2D eigenvalue weighted by Crippen LogP contribution is -2.26. The van der Waals surface area contributed by atoms with Gasteiger partial charge in [0.05, 0.1) is 6.10 Å². The molecular formula is C10H13N3O3S. The number of sulfonamides is 1. The van der Waals surface area contributed by atoms with Crippen LogP contribution in [-0.4, -0.2) is 31.2 Å². The van der Waals surface area contributed by atoms with Crippen molar-refractivity contribution in [2.45, 2.75) is 24.3 Å². The molecule has 1 aromatic heterocycles. The molecule has 17 heavy (non-hydrogen) atoms. The van der Waals surface area contributed by atoms with Crippen LogP contribution in [0.1, 0.15) is 19.0 Å². The number of hydrogen-bond acceptors (Lipinski definition) is 5. The molecule has 1 aromatic rings. The highest BCUT2D eigenvalue weighted by molar-refractivity contribution is 7.89. The molecule has 7 heteroatoms. The van der Waals surface area contributed by atoms with Gasteiger partial charge in [-0.3, -0.25) is 0 Å². The maximum absolute atomic E-state index is 11.7. The largest absolute Gasteiger partial charge is 0.393 e. The predicted molar refractivity (Wildman–Crippen MR) is 60.4 cm³/mol. The molecule has 0 saturated carbocycles. The molecule has 92 valence electrons. The van der Waals surface area contributed by atoms with Gasteiger partial charge in [0.15, 0.2) is 0 Å². The SMILES string of the molecule is CC(O)CCNS(=O)(=O)c1ccc(C#N)nc1. The summed E-state index contributed by atoms with van der Waals surface area (Å²) in [5.41, 5.74) is 0.160. The Morgan fingerprint density at radius 2 is 2.29 bits per heavy atom. The molecule has 1 rings (SSSR count). The van der Waals surface area contributed by atoms with Crippen LogP contribution in [-0.2, 0) is 10.0 Å². The molecule has 0 saturated heterocycles. The molecule has 6 nitrogen and oxygen atoms in total. The van der Waals surface area contributed by atoms with E-state index in [0.29, 0.717) is 6.42 Å². The molecule has 1 heterocycles. The van der Waals surface area contributed by atoms with Gasteiger partial charge in [0.1, 0.15) is 16.7 Å². The van der Waals surface area contributed by atoms with Gasteiger partial charge in [-0.25, -0.2) is 18.1 Å². The molecule has 2 N–H and O–H groups in total. The highest BCUT2D eigenvalue weighted by atomic mass is 32.2. The molecular weight excluding hydrogens is 242 g/mol. The van der Waals surface area contributed by atoms with Crippen molar-refractivity contribution in [2.24, 2.45) is 0 Å². The number of nitrogens with one attached hydrogen (secondary N) is 1. The van der Waals surface area contributed by atoms with Gasteiger partial charge in [0, 0.05) is 12.7 Å². The van der Waals surface area contributed by atoms with Crippen molar-refractivity contribution in [2.75, 3.05) is 6.54 Å². The number of nitrogens with zero attached hydrogens (tertiary/aromatic N) is 2. The zero-order chi connectivity index (χ0) is 12.9. The van der Waals surface area contributed by atoms with Gasteiger partial charge in [0.2, 0.25) is 10.0 Å². The van der Waals surface area contributed by atoms with E-state index < -0.39 is 16.1 Å². The number of aliphatic hydroxyl groups is 1. The number of aromatic nitrogens is 1. The zero-order valence-corrected chi connectivity index (χ0v) is 10.1. The second kappa shape index (κ2) is 5.72. The molecule has 0 fully saturated rings. The van der Waals surface area contributed by atoms with Gasteiger partial charge in [-0.15, -0.1) is 0 Å². The molecule has 0 aliphatic carbocycles. The van der Waals surface area contributed by atoms with Gasteiger partial charge < -0.3 is 5.11 Å². The van der Waals surface area contributed by atoms with Crippen LogP contribution in [0.25, 0.3) is 0 Å². The predicted octanol–water partition coefficient (Wildman–Crippen LogP) is 0.00248. The Bertz CT molecular complexity index is 503. The third-order valence-electron chi connectivity index (χ3n) is 2.02. The molecule has 1 atom stereocenters. The first kappa shape index (κ1) is 13.6. The van der Waals surface area contributed by atoms with Crippen molar-refractivity contribution < 1.29 is 13.5 Å². The van der Waals surface area contributed by atoms with Gasteiger partial charge in [-0.1, -0.05) is 0 Å². The van der Waals surface area contributed by atoms with Crippen LogP contribution in [0.4, 0.5) is 0 Å². The Morgan fingerprint density at radius 1 is 1.59 bits per heavy atom. The molecule has 0 aliphatic rings. The van der Waals surface area contributed by atoms with Crippen molar-refractivity contribution in [1.29, 1.82) is 5.26 Å². The standard InChI is InChI=1S/C10H13N3O3S/c1-8(14)4-5-13-17(15,16)10-3-2-9(6-11)12-7-10/h2-3,7-8,13-14H,4-5H2,1H3. The van der Waals surface area contributed by atoms with Crippen LogP contribution in [0.3, 0.4) is 0 Å². The first-order valence-electron chi connectivity index (χ1n) is 4.99. The minimum Gasteiger partial charge on any atom is -0.393 e. The van der Waals surface area contributed by atoms with E-state index in [4.69, 9.17) is 10.4 Å². The summed E-state index contributed by atoms with van der Waals surface area (Å²) in [6, 6.07) is 4.46. The number of aliphatic hydroxyl groups excluding tert-OH is 1. The van der Waals surface area contributed by atoms with Gasteiger partial charge in [-0.2, -0.15) is 5.26 Å². The summed E-state index contributed by atoms with van der Waals surface area (Å²) in [4.78, 5) is 3.68. The van der Waals surface area contributed by atoms with Crippen molar-refractivity contribution in [1.82, 2.24) is 9.71 Å². The van der Waals surface area contributed by atoms with E-state index in [2.05, 4.69) is 9.71 Å². The Hall–Kier alpha value is -1.49. The van der Waals surface area contributed by atoms with Crippen LogP contribution < -0.4 is 4.72 Å². The number of nitriles is 1. The maximum Gasteiger partial charge on any atom is 0.242 e. The second-order valence-corrected chi connectivity index (χ2v) is 5.29. The summed E-state index contributed by atoms with van der Waals surface area (Å²) < 4.78 is 25.7. The van der Waals surface area contributed by atoms with Crippen molar-refractivity contribution in [3.63, 3.8) is 0 Å². The molecule has 0 aromatic carbocycles. The minimum absolute atomic E-state index is 0.00194. The summed E-state index contributed by atoms with van der Waals surface area (Å²) in [6.45, 7) is 1.73. The topological polar surface area (TPSA) is 103 Å². The molecule has 0 spiro atoms. The quantitative estimate of drug-likeness (QED) is 0.771. The van der Waals surface area contributed by atoms with Gasteiger partial charge in [-0.05, 0) is 25.5 Å². The average molecular weight is 255 g/mol. The van der Waals surface area contributed by atoms with Crippen molar-refractivity contribution >= 4 is 10.0 Å². The van der Waals surface area contributed by atoms with Crippen molar-refractivity contribution in [3.8, 4) is 6.07 Å². The summed E-state index contributed by atoms with van der Waals surface area (Å²) >= 11 is 0. The summed E-state index contributed by atoms with van der Waals surface area (Å²) in [7, 11) is -3.61. The van der Waals surface area contributed by atoms with E-state index in [1.807, 2.05) is 0 Å². The first-order valence-corrected chi connectivity index (χ1v) is 6.48. The maximum atomic E-state index is 11.7.